The molecule has 2 aromatic carbocycles. The Morgan fingerprint density at radius 2 is 0.912 bits per heavy atom. The molecule has 3 heterocycles. The Kier molecular flexibility index (Phi) is 15.1. The molecule has 0 fully saturated rings. The number of hydrogen-bond acceptors (Lipinski definition) is 5. The van der Waals surface area contributed by atoms with Crippen molar-refractivity contribution in [3.8, 4) is 20.9 Å². The summed E-state index contributed by atoms with van der Waals surface area (Å²) in [7, 11) is 0. The SMILES string of the molecule is CCCCCCCCCCCCc1cc2c(s1)-c1c(ccc3c4c(ccc13)C(C)(OCC)c1c-4sc3cc(CCCCCCCCCCCC)sc13)C2(C)OCC. The van der Waals surface area contributed by atoms with Gasteiger partial charge in [0.1, 0.15) is 11.2 Å². The highest BCUT2D eigenvalue weighted by Gasteiger charge is 2.47. The number of fused-ring (bicyclic) bond motifs is 11. The predicted octanol–water partition coefficient (Wildman–Crippen LogP) is 17.7. The Morgan fingerprint density at radius 1 is 0.456 bits per heavy atom. The molecule has 0 saturated heterocycles. The zero-order chi connectivity index (χ0) is 39.8. The highest BCUT2D eigenvalue weighted by molar-refractivity contribution is 7.30. The smallest absolute Gasteiger partial charge is 0.119 e. The molecular weight excluding hydrogens is 753 g/mol. The molecule has 2 aliphatic carbocycles. The van der Waals surface area contributed by atoms with Crippen LogP contribution in [-0.4, -0.2) is 13.2 Å². The molecule has 0 radical (unpaired) electrons. The third kappa shape index (κ3) is 8.90. The first-order valence-corrected chi connectivity index (χ1v) is 25.9. The Balaban J connectivity index is 1.10. The van der Waals surface area contributed by atoms with Gasteiger partial charge in [-0.1, -0.05) is 154 Å². The quantitative estimate of drug-likeness (QED) is 0.0517. The monoisotopic (exact) mass is 824 g/mol. The fourth-order valence-corrected chi connectivity index (χ4v) is 14.5. The molecule has 0 amide bonds. The molecule has 3 aromatic heterocycles. The predicted molar refractivity (Wildman–Crippen MR) is 253 cm³/mol. The summed E-state index contributed by atoms with van der Waals surface area (Å²) in [5.41, 5.74) is 7.41. The molecule has 5 aromatic rings. The van der Waals surface area contributed by atoms with Gasteiger partial charge in [0.25, 0.3) is 0 Å². The van der Waals surface area contributed by atoms with Crippen LogP contribution in [0.3, 0.4) is 0 Å². The number of benzene rings is 2. The summed E-state index contributed by atoms with van der Waals surface area (Å²) in [5.74, 6) is 0. The van der Waals surface area contributed by atoms with Crippen LogP contribution in [-0.2, 0) is 33.5 Å². The van der Waals surface area contributed by atoms with Crippen molar-refractivity contribution in [3.05, 3.63) is 68.4 Å². The Morgan fingerprint density at radius 3 is 1.44 bits per heavy atom. The fraction of sp³-hybridized carbons (Fsp3) is 0.615. The van der Waals surface area contributed by atoms with Crippen molar-refractivity contribution in [3.63, 3.8) is 0 Å². The molecule has 0 spiro atoms. The van der Waals surface area contributed by atoms with E-state index in [0.717, 1.165) is 0 Å². The first-order chi connectivity index (χ1) is 27.9. The van der Waals surface area contributed by atoms with E-state index in [9.17, 15) is 0 Å². The molecule has 310 valence electrons. The minimum absolute atomic E-state index is 0.416. The highest BCUT2D eigenvalue weighted by atomic mass is 32.1. The van der Waals surface area contributed by atoms with Gasteiger partial charge >= 0.3 is 0 Å². The lowest BCUT2D eigenvalue weighted by Gasteiger charge is -2.28. The molecule has 0 saturated carbocycles. The van der Waals surface area contributed by atoms with E-state index >= 15 is 0 Å². The molecule has 0 N–H and O–H groups in total. The lowest BCUT2D eigenvalue weighted by molar-refractivity contribution is 0.00762. The molecule has 0 aliphatic heterocycles. The maximum Gasteiger partial charge on any atom is 0.119 e. The minimum atomic E-state index is -0.444. The second-order valence-electron chi connectivity index (χ2n) is 17.5. The molecule has 5 heteroatoms. The number of ether oxygens (including phenoxy) is 2. The zero-order valence-corrected chi connectivity index (χ0v) is 38.9. The number of rotatable bonds is 26. The van der Waals surface area contributed by atoms with E-state index in [-0.39, 0.29) is 0 Å². The minimum Gasteiger partial charge on any atom is -0.366 e. The van der Waals surface area contributed by atoms with Crippen LogP contribution in [0, 0.1) is 0 Å². The van der Waals surface area contributed by atoms with Gasteiger partial charge in [0.2, 0.25) is 0 Å². The average molecular weight is 825 g/mol. The summed E-state index contributed by atoms with van der Waals surface area (Å²) in [6.45, 7) is 15.0. The first-order valence-electron chi connectivity index (χ1n) is 23.5. The summed E-state index contributed by atoms with van der Waals surface area (Å²) in [4.78, 5) is 5.93. The highest BCUT2D eigenvalue weighted by Crippen LogP contribution is 2.62. The Bertz CT molecular complexity index is 2060. The Hall–Kier alpha value is -2.02. The van der Waals surface area contributed by atoms with E-state index in [0.29, 0.717) is 13.2 Å². The molecule has 2 unspecified atom stereocenters. The zero-order valence-electron chi connectivity index (χ0n) is 36.5. The normalized spacial score (nSPS) is 18.2. The van der Waals surface area contributed by atoms with Crippen LogP contribution in [0.5, 0.6) is 0 Å². The summed E-state index contributed by atoms with van der Waals surface area (Å²) in [6.07, 6.45) is 30.0. The summed E-state index contributed by atoms with van der Waals surface area (Å²) < 4.78 is 16.5. The van der Waals surface area contributed by atoms with Gasteiger partial charge in [-0.25, -0.2) is 0 Å². The molecule has 57 heavy (non-hydrogen) atoms. The number of thiophene rings is 3. The average Bonchev–Trinajstić information content (AvgIpc) is 3.99. The largest absolute Gasteiger partial charge is 0.366 e. The maximum absolute atomic E-state index is 6.84. The number of aryl methyl sites for hydroxylation is 2. The summed E-state index contributed by atoms with van der Waals surface area (Å²) in [6, 6.07) is 14.7. The summed E-state index contributed by atoms with van der Waals surface area (Å²) in [5, 5.41) is 2.74. The van der Waals surface area contributed by atoms with Crippen LogP contribution in [0.4, 0.5) is 0 Å². The van der Waals surface area contributed by atoms with Gasteiger partial charge in [0.05, 0.1) is 4.70 Å². The fourth-order valence-electron chi connectivity index (χ4n) is 10.2. The molecule has 2 aliphatic rings. The molecular formula is C52H72O2S3. The lowest BCUT2D eigenvalue weighted by atomic mass is 9.88. The summed E-state index contributed by atoms with van der Waals surface area (Å²) >= 11 is 6.09. The maximum atomic E-state index is 6.84. The van der Waals surface area contributed by atoms with Crippen LogP contribution in [0.1, 0.15) is 202 Å². The number of hydrogen-bond donors (Lipinski definition) is 0. The van der Waals surface area contributed by atoms with Gasteiger partial charge in [-0.2, -0.15) is 0 Å². The van der Waals surface area contributed by atoms with E-state index in [1.165, 1.54) is 209 Å². The van der Waals surface area contributed by atoms with E-state index in [4.69, 9.17) is 9.47 Å². The van der Waals surface area contributed by atoms with E-state index in [1.807, 2.05) is 34.0 Å². The van der Waals surface area contributed by atoms with Gasteiger partial charge < -0.3 is 9.47 Å². The number of unbranched alkanes of at least 4 members (excludes halogenated alkanes) is 18. The van der Waals surface area contributed by atoms with Crippen LogP contribution < -0.4 is 0 Å². The van der Waals surface area contributed by atoms with Crippen LogP contribution in [0.25, 0.3) is 41.1 Å². The van der Waals surface area contributed by atoms with Gasteiger partial charge in [-0.05, 0) is 87.4 Å². The second kappa shape index (κ2) is 20.0. The van der Waals surface area contributed by atoms with Crippen LogP contribution >= 0.6 is 34.0 Å². The molecule has 2 atom stereocenters. The van der Waals surface area contributed by atoms with Gasteiger partial charge in [0, 0.05) is 59.7 Å². The third-order valence-electron chi connectivity index (χ3n) is 13.3. The van der Waals surface area contributed by atoms with Gasteiger partial charge in [0.15, 0.2) is 0 Å². The van der Waals surface area contributed by atoms with E-state index < -0.39 is 11.2 Å². The third-order valence-corrected chi connectivity index (χ3v) is 17.0. The topological polar surface area (TPSA) is 18.5 Å². The van der Waals surface area contributed by atoms with E-state index in [2.05, 4.69) is 77.9 Å². The molecule has 0 bridgehead atoms. The standard InChI is InChI=1S/C52H72O2S3/c1-7-11-13-15-17-19-21-23-25-27-29-37-35-43-48(55-37)45-39-32-34-42-46(40(39)31-33-41(45)51(43,5)53-9-3)50-47(52(42,6)54-10-4)49-44(57-50)36-38(56-49)30-28-26-24-22-20-18-16-14-12-8-2/h31-36H,7-30H2,1-6H3. The van der Waals surface area contributed by atoms with E-state index in [1.54, 1.807) is 4.88 Å². The van der Waals surface area contributed by atoms with Crippen LogP contribution in [0.2, 0.25) is 0 Å². The van der Waals surface area contributed by atoms with Crippen molar-refractivity contribution in [2.24, 2.45) is 0 Å². The van der Waals surface area contributed by atoms with Crippen molar-refractivity contribution in [2.75, 3.05) is 13.2 Å². The Labute approximate surface area is 358 Å². The van der Waals surface area contributed by atoms with Crippen molar-refractivity contribution >= 4 is 54.2 Å². The first kappa shape index (κ1) is 43.1. The van der Waals surface area contributed by atoms with Crippen molar-refractivity contribution in [1.29, 1.82) is 0 Å². The lowest BCUT2D eigenvalue weighted by Crippen LogP contribution is -2.25. The van der Waals surface area contributed by atoms with Crippen molar-refractivity contribution < 1.29 is 9.47 Å². The molecule has 7 rings (SSSR count). The van der Waals surface area contributed by atoms with Gasteiger partial charge in [-0.3, -0.25) is 0 Å². The van der Waals surface area contributed by atoms with Crippen molar-refractivity contribution in [2.45, 2.75) is 194 Å². The second-order valence-corrected chi connectivity index (χ2v) is 20.9. The van der Waals surface area contributed by atoms with Gasteiger partial charge in [-0.15, -0.1) is 34.0 Å². The van der Waals surface area contributed by atoms with Crippen LogP contribution in [0.15, 0.2) is 36.4 Å². The molecule has 2 nitrogen and oxygen atoms in total. The van der Waals surface area contributed by atoms with Crippen molar-refractivity contribution in [1.82, 2.24) is 0 Å².